The lowest BCUT2D eigenvalue weighted by Gasteiger charge is -2.14. The van der Waals surface area contributed by atoms with Crippen molar-refractivity contribution in [1.82, 2.24) is 0 Å². The zero-order valence-electron chi connectivity index (χ0n) is 7.59. The van der Waals surface area contributed by atoms with E-state index in [1.165, 1.54) is 0 Å². The first-order valence-corrected chi connectivity index (χ1v) is 4.14. The maximum Gasteiger partial charge on any atom is 0.126 e. The normalized spacial score (nSPS) is 13.4. The monoisotopic (exact) mass is 186 g/mol. The molecule has 0 aromatic heterocycles. The molecule has 0 fully saturated rings. The number of aliphatic hydroxyl groups is 1. The van der Waals surface area contributed by atoms with Crippen LogP contribution in [-0.2, 0) is 0 Å². The van der Waals surface area contributed by atoms with Crippen molar-refractivity contribution in [3.05, 3.63) is 35.4 Å². The number of hydrogen-bond donors (Lipinski definition) is 1. The summed E-state index contributed by atoms with van der Waals surface area (Å²) in [5, 5.41) is 9.51. The minimum absolute atomic E-state index is 0.0544. The zero-order chi connectivity index (χ0) is 10.0. The molecule has 1 N–H and O–H groups in total. The molecule has 1 unspecified atom stereocenters. The molecular formula is C10H12F2O. The maximum absolute atomic E-state index is 12.7. The number of benzene rings is 1. The van der Waals surface area contributed by atoms with Crippen LogP contribution in [0, 0.1) is 17.6 Å². The van der Waals surface area contributed by atoms with Gasteiger partial charge in [-0.15, -0.1) is 0 Å². The Bertz CT molecular complexity index is 277. The topological polar surface area (TPSA) is 20.2 Å². The highest BCUT2D eigenvalue weighted by Gasteiger charge is 2.13. The van der Waals surface area contributed by atoms with E-state index in [0.29, 0.717) is 0 Å². The molecule has 3 heteroatoms. The van der Waals surface area contributed by atoms with E-state index in [2.05, 4.69) is 0 Å². The standard InChI is InChI=1S/C10H12F2O/c1-6(2)10(13)7-3-8(11)5-9(12)4-7/h3-6,10,13H,1-2H3. The van der Waals surface area contributed by atoms with Gasteiger partial charge in [-0.2, -0.15) is 0 Å². The van der Waals surface area contributed by atoms with Crippen LogP contribution in [0.3, 0.4) is 0 Å². The highest BCUT2D eigenvalue weighted by atomic mass is 19.1. The van der Waals surface area contributed by atoms with Gasteiger partial charge >= 0.3 is 0 Å². The van der Waals surface area contributed by atoms with Gasteiger partial charge in [-0.3, -0.25) is 0 Å². The summed E-state index contributed by atoms with van der Waals surface area (Å²) >= 11 is 0. The molecule has 0 aliphatic carbocycles. The summed E-state index contributed by atoms with van der Waals surface area (Å²) in [6, 6.07) is 3.08. The van der Waals surface area contributed by atoms with Crippen molar-refractivity contribution in [1.29, 1.82) is 0 Å². The lowest BCUT2D eigenvalue weighted by atomic mass is 9.99. The summed E-state index contributed by atoms with van der Waals surface area (Å²) in [4.78, 5) is 0. The number of halogens is 2. The lowest BCUT2D eigenvalue weighted by Crippen LogP contribution is -2.06. The van der Waals surface area contributed by atoms with Gasteiger partial charge in [0, 0.05) is 6.07 Å². The third kappa shape index (κ3) is 2.49. The molecule has 1 nitrogen and oxygen atoms in total. The van der Waals surface area contributed by atoms with E-state index < -0.39 is 17.7 Å². The van der Waals surface area contributed by atoms with E-state index in [4.69, 9.17) is 0 Å². The van der Waals surface area contributed by atoms with Gasteiger partial charge in [0.1, 0.15) is 11.6 Å². The fourth-order valence-electron chi connectivity index (χ4n) is 1.13. The lowest BCUT2D eigenvalue weighted by molar-refractivity contribution is 0.126. The van der Waals surface area contributed by atoms with Crippen LogP contribution >= 0.6 is 0 Å². The van der Waals surface area contributed by atoms with Crippen molar-refractivity contribution in [2.24, 2.45) is 5.92 Å². The Morgan fingerprint density at radius 1 is 1.08 bits per heavy atom. The van der Waals surface area contributed by atoms with E-state index in [1.807, 2.05) is 0 Å². The van der Waals surface area contributed by atoms with Gasteiger partial charge in [-0.05, 0) is 23.6 Å². The van der Waals surface area contributed by atoms with Gasteiger partial charge < -0.3 is 5.11 Å². The number of rotatable bonds is 2. The van der Waals surface area contributed by atoms with Crippen molar-refractivity contribution in [2.75, 3.05) is 0 Å². The molecule has 72 valence electrons. The molecular weight excluding hydrogens is 174 g/mol. The summed E-state index contributed by atoms with van der Waals surface area (Å²) < 4.78 is 25.4. The van der Waals surface area contributed by atoms with E-state index in [1.54, 1.807) is 13.8 Å². The van der Waals surface area contributed by atoms with E-state index in [0.717, 1.165) is 18.2 Å². The first-order valence-electron chi connectivity index (χ1n) is 4.14. The van der Waals surface area contributed by atoms with Crippen LogP contribution < -0.4 is 0 Å². The molecule has 1 aromatic rings. The van der Waals surface area contributed by atoms with Crippen LogP contribution in [0.15, 0.2) is 18.2 Å². The van der Waals surface area contributed by atoms with Gasteiger partial charge in [0.15, 0.2) is 0 Å². The Kier molecular flexibility index (Phi) is 2.98. The molecule has 0 bridgehead atoms. The average Bonchev–Trinajstić information content (AvgIpc) is 2.01. The van der Waals surface area contributed by atoms with Gasteiger partial charge in [0.2, 0.25) is 0 Å². The largest absolute Gasteiger partial charge is 0.388 e. The summed E-state index contributed by atoms with van der Waals surface area (Å²) in [5.41, 5.74) is 0.285. The Morgan fingerprint density at radius 2 is 1.54 bits per heavy atom. The summed E-state index contributed by atoms with van der Waals surface area (Å²) in [7, 11) is 0. The molecule has 0 heterocycles. The number of hydrogen-bond acceptors (Lipinski definition) is 1. The molecule has 0 amide bonds. The summed E-state index contributed by atoms with van der Waals surface area (Å²) in [5.74, 6) is -1.37. The Labute approximate surface area is 76.0 Å². The highest BCUT2D eigenvalue weighted by Crippen LogP contribution is 2.22. The molecule has 13 heavy (non-hydrogen) atoms. The van der Waals surface area contributed by atoms with E-state index >= 15 is 0 Å². The van der Waals surface area contributed by atoms with E-state index in [-0.39, 0.29) is 11.5 Å². The van der Waals surface area contributed by atoms with Crippen molar-refractivity contribution in [2.45, 2.75) is 20.0 Å². The minimum atomic E-state index is -0.815. The zero-order valence-corrected chi connectivity index (χ0v) is 7.59. The molecule has 1 rings (SSSR count). The SMILES string of the molecule is CC(C)C(O)c1cc(F)cc(F)c1. The first-order chi connectivity index (χ1) is 6.00. The quantitative estimate of drug-likeness (QED) is 0.752. The Hall–Kier alpha value is -0.960. The smallest absolute Gasteiger partial charge is 0.126 e. The Morgan fingerprint density at radius 3 is 1.92 bits per heavy atom. The van der Waals surface area contributed by atoms with Crippen LogP contribution in [0.5, 0.6) is 0 Å². The first kappa shape index (κ1) is 10.1. The molecule has 0 aliphatic heterocycles. The second-order valence-corrected chi connectivity index (χ2v) is 3.39. The molecule has 0 spiro atoms. The molecule has 0 saturated heterocycles. The predicted octanol–water partition coefficient (Wildman–Crippen LogP) is 2.65. The van der Waals surface area contributed by atoms with Crippen LogP contribution in [0.4, 0.5) is 8.78 Å². The van der Waals surface area contributed by atoms with Crippen LogP contribution in [-0.4, -0.2) is 5.11 Å². The number of aliphatic hydroxyl groups excluding tert-OH is 1. The van der Waals surface area contributed by atoms with Crippen LogP contribution in [0.25, 0.3) is 0 Å². The molecule has 0 radical (unpaired) electrons. The fraction of sp³-hybridized carbons (Fsp3) is 0.400. The third-order valence-electron chi connectivity index (χ3n) is 1.86. The molecule has 1 aromatic carbocycles. The van der Waals surface area contributed by atoms with Gasteiger partial charge in [-0.1, -0.05) is 13.8 Å². The van der Waals surface area contributed by atoms with Gasteiger partial charge in [0.25, 0.3) is 0 Å². The van der Waals surface area contributed by atoms with Gasteiger partial charge in [-0.25, -0.2) is 8.78 Å². The minimum Gasteiger partial charge on any atom is -0.388 e. The van der Waals surface area contributed by atoms with Crippen LogP contribution in [0.1, 0.15) is 25.5 Å². The van der Waals surface area contributed by atoms with Crippen molar-refractivity contribution in [3.8, 4) is 0 Å². The molecule has 0 aliphatic rings. The van der Waals surface area contributed by atoms with Crippen molar-refractivity contribution >= 4 is 0 Å². The average molecular weight is 186 g/mol. The highest BCUT2D eigenvalue weighted by molar-refractivity contribution is 5.20. The second-order valence-electron chi connectivity index (χ2n) is 3.39. The summed E-state index contributed by atoms with van der Waals surface area (Å²) in [6.07, 6.45) is -0.815. The van der Waals surface area contributed by atoms with Crippen molar-refractivity contribution in [3.63, 3.8) is 0 Å². The second kappa shape index (κ2) is 3.83. The predicted molar refractivity (Wildman–Crippen MR) is 46.2 cm³/mol. The maximum atomic E-state index is 12.7. The Balaban J connectivity index is 3.01. The fourth-order valence-corrected chi connectivity index (χ4v) is 1.13. The van der Waals surface area contributed by atoms with E-state index in [9.17, 15) is 13.9 Å². The summed E-state index contributed by atoms with van der Waals surface area (Å²) in [6.45, 7) is 3.57. The van der Waals surface area contributed by atoms with Crippen molar-refractivity contribution < 1.29 is 13.9 Å². The van der Waals surface area contributed by atoms with Gasteiger partial charge in [0.05, 0.1) is 6.10 Å². The molecule has 1 atom stereocenters. The third-order valence-corrected chi connectivity index (χ3v) is 1.86. The molecule has 0 saturated carbocycles. The van der Waals surface area contributed by atoms with Crippen LogP contribution in [0.2, 0.25) is 0 Å².